The first-order chi connectivity index (χ1) is 15.9. The van der Waals surface area contributed by atoms with E-state index in [1.807, 2.05) is 0 Å². The Morgan fingerprint density at radius 3 is 2.58 bits per heavy atom. The molecule has 0 aliphatic rings. The van der Waals surface area contributed by atoms with Crippen LogP contribution in [0.1, 0.15) is 10.4 Å². The zero-order chi connectivity index (χ0) is 23.4. The number of hydrogen-bond donors (Lipinski definition) is 1. The van der Waals surface area contributed by atoms with Gasteiger partial charge in [0.2, 0.25) is 5.82 Å². The number of benzene rings is 2. The molecule has 0 aliphatic heterocycles. The Kier molecular flexibility index (Phi) is 5.98. The number of pyridine rings is 2. The van der Waals surface area contributed by atoms with Gasteiger partial charge in [-0.15, -0.1) is 0 Å². The SMILES string of the molecule is O=C(COC(=O)c1cc(-c2ccncc2)nc2ccccc12)Nc1ccc(F)c([N+](=O)[O-])c1. The second-order valence-corrected chi connectivity index (χ2v) is 6.86. The molecule has 1 N–H and O–H groups in total. The van der Waals surface area contributed by atoms with Crippen molar-refractivity contribution < 1.29 is 23.6 Å². The zero-order valence-corrected chi connectivity index (χ0v) is 16.9. The van der Waals surface area contributed by atoms with E-state index in [0.29, 0.717) is 16.6 Å². The molecule has 0 radical (unpaired) electrons. The number of aromatic nitrogens is 2. The summed E-state index contributed by atoms with van der Waals surface area (Å²) >= 11 is 0. The number of nitrogens with one attached hydrogen (secondary N) is 1. The minimum Gasteiger partial charge on any atom is -0.452 e. The van der Waals surface area contributed by atoms with Crippen molar-refractivity contribution in [2.75, 3.05) is 11.9 Å². The van der Waals surface area contributed by atoms with Gasteiger partial charge >= 0.3 is 11.7 Å². The molecular weight excluding hydrogens is 431 g/mol. The normalized spacial score (nSPS) is 10.6. The molecule has 9 nitrogen and oxygen atoms in total. The Bertz CT molecular complexity index is 1380. The lowest BCUT2D eigenvalue weighted by molar-refractivity contribution is -0.387. The van der Waals surface area contributed by atoms with Crippen molar-refractivity contribution in [3.8, 4) is 11.3 Å². The van der Waals surface area contributed by atoms with Gasteiger partial charge in [-0.1, -0.05) is 18.2 Å². The van der Waals surface area contributed by atoms with Gasteiger partial charge in [0.25, 0.3) is 5.91 Å². The van der Waals surface area contributed by atoms with Crippen LogP contribution in [0.5, 0.6) is 0 Å². The maximum atomic E-state index is 13.5. The molecular formula is C23H15FN4O5. The van der Waals surface area contributed by atoms with Gasteiger partial charge in [-0.05, 0) is 36.4 Å². The average molecular weight is 446 g/mol. The van der Waals surface area contributed by atoms with Gasteiger partial charge in [0.05, 0.1) is 21.7 Å². The minimum atomic E-state index is -1.03. The lowest BCUT2D eigenvalue weighted by Crippen LogP contribution is -2.21. The third kappa shape index (κ3) is 4.79. The highest BCUT2D eigenvalue weighted by molar-refractivity contribution is 6.05. The third-order valence-electron chi connectivity index (χ3n) is 4.67. The molecule has 0 unspecified atom stereocenters. The fourth-order valence-electron chi connectivity index (χ4n) is 3.15. The Morgan fingerprint density at radius 1 is 1.06 bits per heavy atom. The van der Waals surface area contributed by atoms with Crippen LogP contribution in [0.25, 0.3) is 22.2 Å². The predicted molar refractivity (Wildman–Crippen MR) is 117 cm³/mol. The molecule has 33 heavy (non-hydrogen) atoms. The number of carbonyl (C=O) groups is 2. The van der Waals surface area contributed by atoms with Crippen molar-refractivity contribution in [2.24, 2.45) is 0 Å². The Hall–Kier alpha value is -4.73. The highest BCUT2D eigenvalue weighted by Gasteiger charge is 2.18. The number of para-hydroxylation sites is 1. The largest absolute Gasteiger partial charge is 0.452 e. The summed E-state index contributed by atoms with van der Waals surface area (Å²) in [6.45, 7) is -0.648. The maximum absolute atomic E-state index is 13.5. The first kappa shape index (κ1) is 21.5. The number of rotatable bonds is 6. The molecule has 2 heterocycles. The van der Waals surface area contributed by atoms with Gasteiger partial charge in [0.1, 0.15) is 0 Å². The molecule has 0 atom stereocenters. The molecule has 0 saturated carbocycles. The van der Waals surface area contributed by atoms with E-state index in [1.54, 1.807) is 54.9 Å². The first-order valence-electron chi connectivity index (χ1n) is 9.63. The summed E-state index contributed by atoms with van der Waals surface area (Å²) in [4.78, 5) is 43.5. The van der Waals surface area contributed by atoms with E-state index < -0.39 is 34.9 Å². The van der Waals surface area contributed by atoms with Gasteiger partial charge in [-0.2, -0.15) is 4.39 Å². The fraction of sp³-hybridized carbons (Fsp3) is 0.0435. The van der Waals surface area contributed by atoms with Crippen molar-refractivity contribution in [1.29, 1.82) is 0 Å². The van der Waals surface area contributed by atoms with Gasteiger partial charge < -0.3 is 10.1 Å². The smallest absolute Gasteiger partial charge is 0.339 e. The summed E-state index contributed by atoms with van der Waals surface area (Å²) in [5, 5.41) is 13.7. The number of amides is 1. The summed E-state index contributed by atoms with van der Waals surface area (Å²) in [6, 6.07) is 15.0. The molecule has 2 aromatic heterocycles. The molecule has 0 bridgehead atoms. The van der Waals surface area contributed by atoms with Gasteiger partial charge in [0, 0.05) is 35.1 Å². The van der Waals surface area contributed by atoms with Crippen LogP contribution in [0.2, 0.25) is 0 Å². The number of halogens is 1. The molecule has 0 saturated heterocycles. The second kappa shape index (κ2) is 9.18. The lowest BCUT2D eigenvalue weighted by Gasteiger charge is -2.10. The molecule has 4 rings (SSSR count). The van der Waals surface area contributed by atoms with E-state index in [-0.39, 0.29) is 11.3 Å². The van der Waals surface area contributed by atoms with Crippen LogP contribution in [-0.4, -0.2) is 33.4 Å². The predicted octanol–water partition coefficient (Wildman–Crippen LogP) is 4.14. The number of carbonyl (C=O) groups excluding carboxylic acids is 2. The molecule has 10 heteroatoms. The number of anilines is 1. The number of esters is 1. The van der Waals surface area contributed by atoms with E-state index >= 15 is 0 Å². The van der Waals surface area contributed by atoms with Crippen LogP contribution in [-0.2, 0) is 9.53 Å². The second-order valence-electron chi connectivity index (χ2n) is 6.86. The van der Waals surface area contributed by atoms with E-state index in [2.05, 4.69) is 15.3 Å². The van der Waals surface area contributed by atoms with E-state index in [9.17, 15) is 24.1 Å². The number of fused-ring (bicyclic) bond motifs is 1. The van der Waals surface area contributed by atoms with Crippen molar-refractivity contribution in [1.82, 2.24) is 9.97 Å². The van der Waals surface area contributed by atoms with E-state index in [1.165, 1.54) is 6.07 Å². The van der Waals surface area contributed by atoms with Crippen molar-refractivity contribution >= 4 is 34.2 Å². The molecule has 2 aromatic carbocycles. The topological polar surface area (TPSA) is 124 Å². The number of nitro groups is 1. The quantitative estimate of drug-likeness (QED) is 0.268. The lowest BCUT2D eigenvalue weighted by atomic mass is 10.0. The highest BCUT2D eigenvalue weighted by atomic mass is 19.1. The van der Waals surface area contributed by atoms with Gasteiger partial charge in [-0.3, -0.25) is 19.9 Å². The van der Waals surface area contributed by atoms with Gasteiger partial charge in [0.15, 0.2) is 6.61 Å². The van der Waals surface area contributed by atoms with Crippen molar-refractivity contribution in [2.45, 2.75) is 0 Å². The fourth-order valence-corrected chi connectivity index (χ4v) is 3.15. The number of nitro benzene ring substituents is 1. The summed E-state index contributed by atoms with van der Waals surface area (Å²) in [6.07, 6.45) is 3.21. The monoisotopic (exact) mass is 446 g/mol. The Balaban J connectivity index is 1.53. The molecule has 164 valence electrons. The van der Waals surface area contributed by atoms with Crippen LogP contribution in [0.3, 0.4) is 0 Å². The molecule has 0 aliphatic carbocycles. The van der Waals surface area contributed by atoms with Crippen LogP contribution < -0.4 is 5.32 Å². The Labute approximate surface area is 186 Å². The van der Waals surface area contributed by atoms with Crippen molar-refractivity contribution in [3.63, 3.8) is 0 Å². The first-order valence-corrected chi connectivity index (χ1v) is 9.63. The Morgan fingerprint density at radius 2 is 1.82 bits per heavy atom. The third-order valence-corrected chi connectivity index (χ3v) is 4.67. The van der Waals surface area contributed by atoms with Crippen LogP contribution in [0, 0.1) is 15.9 Å². The molecule has 1 amide bonds. The summed E-state index contributed by atoms with van der Waals surface area (Å²) in [5.41, 5.74) is 1.29. The number of nitrogens with zero attached hydrogens (tertiary/aromatic N) is 3. The summed E-state index contributed by atoms with van der Waals surface area (Å²) in [5.74, 6) is -2.51. The van der Waals surface area contributed by atoms with Crippen molar-refractivity contribution in [3.05, 3.63) is 94.6 Å². The number of hydrogen-bond acceptors (Lipinski definition) is 7. The zero-order valence-electron chi connectivity index (χ0n) is 16.9. The molecule has 0 spiro atoms. The maximum Gasteiger partial charge on any atom is 0.339 e. The van der Waals surface area contributed by atoms with Crippen LogP contribution in [0.15, 0.2) is 73.1 Å². The van der Waals surface area contributed by atoms with Crippen LogP contribution >= 0.6 is 0 Å². The standard InChI is InChI=1S/C23H15FN4O5/c24-18-6-5-15(11-21(18)28(31)32)26-22(29)13-33-23(30)17-12-20(14-7-9-25-10-8-14)27-19-4-2-1-3-16(17)19/h1-12H,13H2,(H,26,29). The number of ether oxygens (including phenoxy) is 1. The summed E-state index contributed by atoms with van der Waals surface area (Å²) in [7, 11) is 0. The van der Waals surface area contributed by atoms with Crippen LogP contribution in [0.4, 0.5) is 15.8 Å². The summed E-state index contributed by atoms with van der Waals surface area (Å²) < 4.78 is 18.6. The molecule has 4 aromatic rings. The molecule has 0 fully saturated rings. The highest BCUT2D eigenvalue weighted by Crippen LogP contribution is 2.25. The van der Waals surface area contributed by atoms with E-state index in [4.69, 9.17) is 4.74 Å². The average Bonchev–Trinajstić information content (AvgIpc) is 2.83. The van der Waals surface area contributed by atoms with E-state index in [0.717, 1.165) is 17.7 Å². The minimum absolute atomic E-state index is 0.00140. The van der Waals surface area contributed by atoms with Gasteiger partial charge in [-0.25, -0.2) is 9.78 Å².